The second kappa shape index (κ2) is 12.2. The normalized spacial score (nSPS) is 31.8. The first kappa shape index (κ1) is 32.3. The number of rotatable bonds is 6. The van der Waals surface area contributed by atoms with Gasteiger partial charge in [-0.1, -0.05) is 12.1 Å². The van der Waals surface area contributed by atoms with Gasteiger partial charge >= 0.3 is 0 Å². The van der Waals surface area contributed by atoms with E-state index in [0.29, 0.717) is 13.2 Å². The van der Waals surface area contributed by atoms with E-state index in [4.69, 9.17) is 24.4 Å². The van der Waals surface area contributed by atoms with Gasteiger partial charge in [-0.2, -0.15) is 5.26 Å². The first-order valence-electron chi connectivity index (χ1n) is 15.1. The summed E-state index contributed by atoms with van der Waals surface area (Å²) in [5.41, 5.74) is -2.80. The van der Waals surface area contributed by atoms with Crippen LogP contribution in [0.3, 0.4) is 0 Å². The van der Waals surface area contributed by atoms with Gasteiger partial charge in [0, 0.05) is 48.5 Å². The van der Waals surface area contributed by atoms with Gasteiger partial charge in [-0.25, -0.2) is 0 Å². The van der Waals surface area contributed by atoms with Crippen LogP contribution in [0, 0.1) is 16.7 Å². The van der Waals surface area contributed by atoms with Crippen molar-refractivity contribution in [3.05, 3.63) is 51.6 Å². The fraction of sp³-hybridized carbons (Fsp3) is 0.531. The molecule has 46 heavy (non-hydrogen) atoms. The monoisotopic (exact) mass is 639 g/mol. The van der Waals surface area contributed by atoms with Crippen molar-refractivity contribution in [3.8, 4) is 23.3 Å². The van der Waals surface area contributed by atoms with Gasteiger partial charge in [-0.05, 0) is 13.0 Å². The molecule has 2 heterocycles. The van der Waals surface area contributed by atoms with Crippen molar-refractivity contribution >= 4 is 11.5 Å². The molecule has 14 heteroatoms. The smallest absolute Gasteiger partial charge is 0.198 e. The molecule has 0 aromatic heterocycles. The summed E-state index contributed by atoms with van der Waals surface area (Å²) in [4.78, 5) is 15.6. The maximum Gasteiger partial charge on any atom is 0.198 e. The third-order valence-corrected chi connectivity index (χ3v) is 9.68. The average Bonchev–Trinajstić information content (AvgIpc) is 3.05. The number of aliphatic hydroxyl groups is 4. The molecule has 2 fully saturated rings. The lowest BCUT2D eigenvalue weighted by molar-refractivity contribution is -0.265. The number of hydrogen-bond acceptors (Lipinski definition) is 14. The zero-order valence-corrected chi connectivity index (χ0v) is 25.3. The van der Waals surface area contributed by atoms with E-state index in [1.807, 2.05) is 4.90 Å². The van der Waals surface area contributed by atoms with Crippen molar-refractivity contribution in [1.29, 1.82) is 10.7 Å². The van der Waals surface area contributed by atoms with Crippen LogP contribution >= 0.6 is 0 Å². The average molecular weight is 640 g/mol. The molecule has 2 aromatic carbocycles. The Morgan fingerprint density at radius 1 is 1.24 bits per heavy atom. The molecular formula is C32H37N3O11. The number of nitriles is 1. The number of phenols is 2. The van der Waals surface area contributed by atoms with Crippen LogP contribution in [0.4, 0.5) is 0 Å². The SMILES string of the molecule is COc1cccc2c1C(=N)c1c(O)c3c(c(O)c1C2=O)CC(O)(C(O)CO)CC3O[C@H]1C[C@H](N2CCOC[C@@H]2C#N)[C@H](O)[C@H](C)O1. The number of ketones is 1. The molecule has 0 saturated carbocycles. The minimum Gasteiger partial charge on any atom is -0.507 e. The van der Waals surface area contributed by atoms with E-state index in [1.165, 1.54) is 13.2 Å². The summed E-state index contributed by atoms with van der Waals surface area (Å²) in [7, 11) is 1.38. The van der Waals surface area contributed by atoms with E-state index in [2.05, 4.69) is 6.07 Å². The number of hydrogen-bond donors (Lipinski definition) is 7. The van der Waals surface area contributed by atoms with Gasteiger partial charge in [0.15, 0.2) is 12.1 Å². The third kappa shape index (κ3) is 5.04. The maximum atomic E-state index is 13.7. The molecule has 0 bridgehead atoms. The van der Waals surface area contributed by atoms with Crippen LogP contribution in [-0.4, -0.2) is 123 Å². The summed E-state index contributed by atoms with van der Waals surface area (Å²) < 4.78 is 23.2. The second-order valence-corrected chi connectivity index (χ2v) is 12.3. The van der Waals surface area contributed by atoms with Crippen LogP contribution in [0.5, 0.6) is 17.2 Å². The van der Waals surface area contributed by atoms with E-state index >= 15 is 0 Å². The summed E-state index contributed by atoms with van der Waals surface area (Å²) in [6.45, 7) is 1.73. The first-order chi connectivity index (χ1) is 21.9. The van der Waals surface area contributed by atoms with E-state index in [0.717, 1.165) is 0 Å². The highest BCUT2D eigenvalue weighted by Gasteiger charge is 2.50. The van der Waals surface area contributed by atoms with Gasteiger partial charge in [-0.3, -0.25) is 15.1 Å². The van der Waals surface area contributed by atoms with Crippen molar-refractivity contribution < 1.29 is 54.4 Å². The number of methoxy groups -OCH3 is 1. The molecule has 2 aromatic rings. The largest absolute Gasteiger partial charge is 0.507 e. The summed E-state index contributed by atoms with van der Waals surface area (Å²) in [6.07, 6.45) is -6.50. The fourth-order valence-corrected chi connectivity index (χ4v) is 7.28. The number of nitrogens with one attached hydrogen (secondary N) is 1. The minimum absolute atomic E-state index is 0.0119. The number of carbonyl (C=O) groups is 1. The Morgan fingerprint density at radius 2 is 2.00 bits per heavy atom. The molecule has 3 unspecified atom stereocenters. The topological polar surface area (TPSA) is 226 Å². The molecular weight excluding hydrogens is 602 g/mol. The third-order valence-electron chi connectivity index (χ3n) is 9.68. The van der Waals surface area contributed by atoms with Crippen LogP contribution in [0.25, 0.3) is 0 Å². The standard InChI is InChI=1S/C32H37N3O11/c1-14-28(38)18(35-6-7-44-13-15(35)11-33)8-22(45-14)46-20-10-32(42,21(37)12-36)9-17-24(20)31(41)25-26(30(17)40)29(39)16-4-3-5-19(43-2)23(16)27(25)34/h3-5,14-15,18,20-22,28,34,36-38,40-42H,6-10,12-13H2,1-2H3/t14-,15-,18-,20?,21?,22-,28+,32?/m0/s1. The van der Waals surface area contributed by atoms with Crippen LogP contribution in [-0.2, 0) is 20.6 Å². The Kier molecular flexibility index (Phi) is 8.55. The van der Waals surface area contributed by atoms with Crippen LogP contribution in [0.1, 0.15) is 64.0 Å². The van der Waals surface area contributed by atoms with Crippen LogP contribution in [0.15, 0.2) is 18.2 Å². The van der Waals surface area contributed by atoms with E-state index in [-0.39, 0.29) is 64.3 Å². The fourth-order valence-electron chi connectivity index (χ4n) is 7.28. The molecule has 4 aliphatic rings. The number of fused-ring (bicyclic) bond motifs is 3. The molecule has 8 atom stereocenters. The lowest BCUT2D eigenvalue weighted by atomic mass is 9.71. The molecule has 2 saturated heterocycles. The number of carbonyl (C=O) groups excluding carboxylic acids is 1. The number of aromatic hydroxyl groups is 2. The molecule has 2 aliphatic heterocycles. The number of aliphatic hydroxyl groups excluding tert-OH is 3. The van der Waals surface area contributed by atoms with Crippen molar-refractivity contribution in [2.45, 2.75) is 74.6 Å². The van der Waals surface area contributed by atoms with E-state index < -0.39 is 78.7 Å². The number of ether oxygens (including phenoxy) is 4. The first-order valence-corrected chi connectivity index (χ1v) is 15.1. The minimum atomic E-state index is -2.06. The molecule has 2 aliphatic carbocycles. The van der Waals surface area contributed by atoms with Crippen molar-refractivity contribution in [2.75, 3.05) is 33.5 Å². The van der Waals surface area contributed by atoms with Crippen molar-refractivity contribution in [3.63, 3.8) is 0 Å². The van der Waals surface area contributed by atoms with Crippen molar-refractivity contribution in [1.82, 2.24) is 4.90 Å². The Bertz CT molecular complexity index is 1610. The Morgan fingerprint density at radius 3 is 2.70 bits per heavy atom. The summed E-state index contributed by atoms with van der Waals surface area (Å²) in [6, 6.07) is 5.62. The summed E-state index contributed by atoms with van der Waals surface area (Å²) in [5, 5.41) is 85.3. The number of phenolic OH excluding ortho intramolecular Hbond substituents is 2. The lowest BCUT2D eigenvalue weighted by Crippen LogP contribution is -2.60. The quantitative estimate of drug-likeness (QED) is 0.180. The van der Waals surface area contributed by atoms with Gasteiger partial charge in [0.2, 0.25) is 0 Å². The van der Waals surface area contributed by atoms with Crippen LogP contribution < -0.4 is 4.74 Å². The Hall–Kier alpha value is -3.65. The maximum absolute atomic E-state index is 13.7. The van der Waals surface area contributed by atoms with E-state index in [9.17, 15) is 40.7 Å². The number of benzene rings is 2. The van der Waals surface area contributed by atoms with Crippen molar-refractivity contribution in [2.24, 2.45) is 0 Å². The van der Waals surface area contributed by atoms with Gasteiger partial charge < -0.3 is 49.6 Å². The predicted molar refractivity (Wildman–Crippen MR) is 158 cm³/mol. The molecule has 6 rings (SSSR count). The highest BCUT2D eigenvalue weighted by atomic mass is 16.7. The molecule has 0 amide bonds. The van der Waals surface area contributed by atoms with Gasteiger partial charge in [0.1, 0.15) is 29.4 Å². The van der Waals surface area contributed by atoms with Gasteiger partial charge in [0.05, 0.1) is 79.3 Å². The zero-order chi connectivity index (χ0) is 33.1. The summed E-state index contributed by atoms with van der Waals surface area (Å²) >= 11 is 0. The van der Waals surface area contributed by atoms with E-state index in [1.54, 1.807) is 19.1 Å². The highest BCUT2D eigenvalue weighted by Crippen LogP contribution is 2.53. The summed E-state index contributed by atoms with van der Waals surface area (Å²) in [5.74, 6) is -1.58. The molecule has 0 radical (unpaired) electrons. The molecule has 14 nitrogen and oxygen atoms in total. The lowest BCUT2D eigenvalue weighted by Gasteiger charge is -2.47. The molecule has 246 valence electrons. The highest BCUT2D eigenvalue weighted by molar-refractivity contribution is 6.32. The number of nitrogens with zero attached hydrogens (tertiary/aromatic N) is 2. The predicted octanol–water partition coefficient (Wildman–Crippen LogP) is 0.244. The van der Waals surface area contributed by atoms with Gasteiger partial charge in [-0.15, -0.1) is 0 Å². The van der Waals surface area contributed by atoms with Gasteiger partial charge in [0.25, 0.3) is 0 Å². The Labute approximate surface area is 264 Å². The second-order valence-electron chi connectivity index (χ2n) is 12.3. The Balaban J connectivity index is 1.44. The molecule has 7 N–H and O–H groups in total. The zero-order valence-electron chi connectivity index (χ0n) is 25.3. The van der Waals surface area contributed by atoms with Crippen LogP contribution in [0.2, 0.25) is 0 Å². The number of morpholine rings is 1. The molecule has 0 spiro atoms.